The molecule has 0 N–H and O–H groups in total. The molecule has 10 aromatic rings. The molecule has 0 saturated carbocycles. The van der Waals surface area contributed by atoms with Crippen LogP contribution in [0.2, 0.25) is 0 Å². The van der Waals surface area contributed by atoms with Gasteiger partial charge < -0.3 is 23.3 Å². The maximum absolute atomic E-state index is 8.14. The smallest absolute Gasteiger partial charge is 0.143 e. The van der Waals surface area contributed by atoms with Crippen molar-refractivity contribution in [2.75, 3.05) is 16.8 Å². The van der Waals surface area contributed by atoms with Gasteiger partial charge in [-0.2, -0.15) is 18.8 Å². The van der Waals surface area contributed by atoms with E-state index in [4.69, 9.17) is 13.8 Å². The first-order valence-electron chi connectivity index (χ1n) is 21.0. The molecule has 0 atom stereocenters. The maximum Gasteiger partial charge on any atom is 0.143 e. The molecule has 0 amide bonds. The van der Waals surface area contributed by atoms with Gasteiger partial charge in [0, 0.05) is 75.8 Å². The third kappa shape index (κ3) is 5.38. The molecule has 4 aromatic heterocycles. The largest absolute Gasteiger partial charge is 0.509 e. The minimum atomic E-state index is -2.34. The van der Waals surface area contributed by atoms with E-state index in [1.165, 1.54) is 32.3 Å². The molecule has 0 bridgehead atoms. The molecule has 0 fully saturated rings. The zero-order chi connectivity index (χ0) is 41.5. The molecule has 6 nitrogen and oxygen atoms in total. The SMILES string of the molecule is [2H]C([2H])([2H])N1[CH-]N(c2[c-]c(Oc3[c-]c4c(cc3)c3cccc5c3n4c3ncccc3c3cc(C(C)(C)C)cc4c6cc(C(C)(C)C)ccc6n5c43)ccc2)c2ccccc21.[Pt]. The molecule has 290 valence electrons. The Morgan fingerprint density at radius 3 is 2.12 bits per heavy atom. The molecule has 0 unspecified atom stereocenters. The topological polar surface area (TPSA) is 37.4 Å². The van der Waals surface area contributed by atoms with Gasteiger partial charge in [-0.05, 0) is 88.9 Å². The maximum atomic E-state index is 8.14. The van der Waals surface area contributed by atoms with Gasteiger partial charge in [-0.15, -0.1) is 41.4 Å². The predicted octanol–water partition coefficient (Wildman–Crippen LogP) is 13.0. The van der Waals surface area contributed by atoms with Crippen molar-refractivity contribution in [1.82, 2.24) is 13.8 Å². The van der Waals surface area contributed by atoms with E-state index in [1.54, 1.807) is 6.67 Å². The van der Waals surface area contributed by atoms with Crippen LogP contribution >= 0.6 is 0 Å². The van der Waals surface area contributed by atoms with Crippen LogP contribution in [0, 0.1) is 18.8 Å². The Kier molecular flexibility index (Phi) is 7.34. The average Bonchev–Trinajstić information content (AvgIpc) is 3.87. The van der Waals surface area contributed by atoms with Crippen LogP contribution in [0.25, 0.3) is 65.5 Å². The van der Waals surface area contributed by atoms with E-state index in [0.29, 0.717) is 22.9 Å². The summed E-state index contributed by atoms with van der Waals surface area (Å²) in [5, 5.41) is 6.76. The normalized spacial score (nSPS) is 14.5. The molecule has 6 aromatic carbocycles. The Bertz CT molecular complexity index is 3430. The van der Waals surface area contributed by atoms with Crippen LogP contribution in [0.15, 0.2) is 121 Å². The first kappa shape index (κ1) is 33.2. The van der Waals surface area contributed by atoms with Gasteiger partial charge in [0.15, 0.2) is 0 Å². The quantitative estimate of drug-likeness (QED) is 0.165. The first-order chi connectivity index (χ1) is 28.6. The Labute approximate surface area is 356 Å². The first-order valence-corrected chi connectivity index (χ1v) is 19.5. The molecular weight excluding hydrogens is 894 g/mol. The number of para-hydroxylation sites is 3. The van der Waals surface area contributed by atoms with Crippen molar-refractivity contribution in [2.45, 2.75) is 52.4 Å². The summed E-state index contributed by atoms with van der Waals surface area (Å²) in [6.07, 6.45) is 1.87. The van der Waals surface area contributed by atoms with E-state index in [0.717, 1.165) is 54.9 Å². The van der Waals surface area contributed by atoms with Gasteiger partial charge in [-0.3, -0.25) is 0 Å². The van der Waals surface area contributed by atoms with Crippen molar-refractivity contribution in [2.24, 2.45) is 0 Å². The van der Waals surface area contributed by atoms with E-state index < -0.39 is 6.98 Å². The van der Waals surface area contributed by atoms with Gasteiger partial charge in [0.2, 0.25) is 0 Å². The predicted molar refractivity (Wildman–Crippen MR) is 237 cm³/mol. The number of pyridine rings is 1. The molecular formula is C51H42N5OPt-3. The molecule has 0 aliphatic carbocycles. The third-order valence-electron chi connectivity index (χ3n) is 11.6. The number of hydrogen-bond donors (Lipinski definition) is 0. The summed E-state index contributed by atoms with van der Waals surface area (Å²) in [4.78, 5) is 8.31. The number of rotatable bonds is 3. The van der Waals surface area contributed by atoms with Crippen LogP contribution in [0.5, 0.6) is 11.5 Å². The standard InChI is InChI=1S/C51H42N5O.Pt/c1-50(2,3)31-20-23-42-39(25-31)41-27-32(51(4,5)6)26-40-38-16-12-24-52-49(38)56-46-29-35(21-22-36(46)37-15-11-19-45(48(37)56)55(42)47(40)41)57-34-14-10-13-33(28-34)54-30-53(7)43-17-8-9-18-44(43)54;/h8-27,30H,1-7H3;/q-3;/i7D3;. The number of nitrogens with zero attached hydrogens (tertiary/aromatic N) is 5. The van der Waals surface area contributed by atoms with Gasteiger partial charge >= 0.3 is 0 Å². The number of aromatic nitrogens is 3. The molecule has 5 heterocycles. The van der Waals surface area contributed by atoms with Crippen LogP contribution in [0.4, 0.5) is 17.1 Å². The van der Waals surface area contributed by atoms with Crippen molar-refractivity contribution < 1.29 is 29.9 Å². The van der Waals surface area contributed by atoms with E-state index in [-0.39, 0.29) is 31.9 Å². The van der Waals surface area contributed by atoms with Crippen LogP contribution in [0.1, 0.15) is 56.8 Å². The van der Waals surface area contributed by atoms with Crippen LogP contribution in [-0.4, -0.2) is 20.8 Å². The number of benzene rings is 6. The molecule has 7 heteroatoms. The van der Waals surface area contributed by atoms with Crippen molar-refractivity contribution in [3.05, 3.63) is 151 Å². The monoisotopic (exact) mass is 938 g/mol. The van der Waals surface area contributed by atoms with Crippen molar-refractivity contribution in [3.63, 3.8) is 0 Å². The molecule has 0 radical (unpaired) electrons. The Morgan fingerprint density at radius 2 is 1.33 bits per heavy atom. The number of ether oxygens (including phenoxy) is 1. The summed E-state index contributed by atoms with van der Waals surface area (Å²) in [6, 6.07) is 46.8. The van der Waals surface area contributed by atoms with Crippen molar-refractivity contribution in [1.29, 1.82) is 0 Å². The molecule has 0 saturated heterocycles. The van der Waals surface area contributed by atoms with Gasteiger partial charge in [0.1, 0.15) is 5.65 Å². The Hall–Kier alpha value is -5.84. The van der Waals surface area contributed by atoms with E-state index in [2.05, 4.69) is 123 Å². The summed E-state index contributed by atoms with van der Waals surface area (Å²) in [7, 11) is 0. The summed E-state index contributed by atoms with van der Waals surface area (Å²) >= 11 is 0. The van der Waals surface area contributed by atoms with Crippen molar-refractivity contribution >= 4 is 82.6 Å². The number of anilines is 3. The number of fused-ring (bicyclic) bond motifs is 11. The van der Waals surface area contributed by atoms with E-state index in [1.807, 2.05) is 65.7 Å². The second-order valence-corrected chi connectivity index (χ2v) is 17.3. The van der Waals surface area contributed by atoms with Crippen LogP contribution < -0.4 is 14.5 Å². The zero-order valence-electron chi connectivity index (χ0n) is 36.1. The Balaban J connectivity index is 0.00000445. The minimum Gasteiger partial charge on any atom is -0.509 e. The average molecular weight is 939 g/mol. The second-order valence-electron chi connectivity index (χ2n) is 17.3. The zero-order valence-corrected chi connectivity index (χ0v) is 35.4. The van der Waals surface area contributed by atoms with E-state index >= 15 is 0 Å². The summed E-state index contributed by atoms with van der Waals surface area (Å²) in [5.74, 6) is 0.994. The second kappa shape index (κ2) is 12.8. The Morgan fingerprint density at radius 1 is 0.603 bits per heavy atom. The van der Waals surface area contributed by atoms with Gasteiger partial charge in [-0.1, -0.05) is 77.4 Å². The molecule has 1 aliphatic rings. The summed E-state index contributed by atoms with van der Waals surface area (Å²) < 4.78 is 35.7. The third-order valence-corrected chi connectivity index (χ3v) is 11.6. The number of hydrogen-bond acceptors (Lipinski definition) is 4. The van der Waals surface area contributed by atoms with Gasteiger partial charge in [0.05, 0.1) is 22.1 Å². The molecule has 0 spiro atoms. The van der Waals surface area contributed by atoms with Crippen LogP contribution in [0.3, 0.4) is 0 Å². The summed E-state index contributed by atoms with van der Waals surface area (Å²) in [5.41, 5.74) is 10.6. The van der Waals surface area contributed by atoms with Crippen molar-refractivity contribution in [3.8, 4) is 11.5 Å². The van der Waals surface area contributed by atoms with E-state index in [9.17, 15) is 0 Å². The molecule has 58 heavy (non-hydrogen) atoms. The van der Waals surface area contributed by atoms with Gasteiger partial charge in [-0.25, -0.2) is 4.98 Å². The fourth-order valence-electron chi connectivity index (χ4n) is 8.75. The molecule has 11 rings (SSSR count). The molecule has 1 aliphatic heterocycles. The van der Waals surface area contributed by atoms with Gasteiger partial charge in [0.25, 0.3) is 0 Å². The summed E-state index contributed by atoms with van der Waals surface area (Å²) in [6.45, 7) is 12.9. The fourth-order valence-corrected chi connectivity index (χ4v) is 8.75. The minimum absolute atomic E-state index is 0. The fraction of sp³-hybridized carbons (Fsp3) is 0.176. The van der Waals surface area contributed by atoms with Crippen LogP contribution in [-0.2, 0) is 31.9 Å².